The Kier molecular flexibility index (Phi) is 2.82. The minimum absolute atomic E-state index is 1.05. The monoisotopic (exact) mass is 249 g/mol. The molecule has 0 bridgehead atoms. The van der Waals surface area contributed by atoms with E-state index in [0.29, 0.717) is 0 Å². The summed E-state index contributed by atoms with van der Waals surface area (Å²) in [5.74, 6) is 0. The number of aryl methyl sites for hydroxylation is 1. The van der Waals surface area contributed by atoms with Gasteiger partial charge in [0.2, 0.25) is 0 Å². The lowest BCUT2D eigenvalue weighted by Crippen LogP contribution is -1.90. The zero-order chi connectivity index (χ0) is 9.97. The highest BCUT2D eigenvalue weighted by Gasteiger charge is 2.01. The van der Waals surface area contributed by atoms with Gasteiger partial charge in [-0.3, -0.25) is 4.98 Å². The van der Waals surface area contributed by atoms with Crippen molar-refractivity contribution in [3.8, 4) is 0 Å². The molecular formula is C12H12BrN. The number of fused-ring (bicyclic) bond motifs is 1. The molecule has 0 unspecified atom stereocenters. The average molecular weight is 250 g/mol. The number of halogens is 1. The molecular weight excluding hydrogens is 238 g/mol. The van der Waals surface area contributed by atoms with Crippen molar-refractivity contribution in [2.24, 2.45) is 0 Å². The van der Waals surface area contributed by atoms with E-state index in [1.807, 2.05) is 12.1 Å². The predicted molar refractivity (Wildman–Crippen MR) is 63.4 cm³/mol. The maximum absolute atomic E-state index is 4.60. The highest BCUT2D eigenvalue weighted by atomic mass is 79.9. The van der Waals surface area contributed by atoms with Crippen molar-refractivity contribution in [3.63, 3.8) is 0 Å². The minimum atomic E-state index is 1.05. The Bertz CT molecular complexity index is 451. The third kappa shape index (κ3) is 1.80. The van der Waals surface area contributed by atoms with Crippen molar-refractivity contribution in [1.82, 2.24) is 4.98 Å². The molecule has 0 aliphatic heterocycles. The molecule has 1 aromatic carbocycles. The molecule has 0 radical (unpaired) electrons. The second-order valence-electron chi connectivity index (χ2n) is 3.36. The van der Waals surface area contributed by atoms with Crippen LogP contribution in [0.25, 0.3) is 10.9 Å². The van der Waals surface area contributed by atoms with Crippen LogP contribution in [-0.4, -0.2) is 4.98 Å². The molecule has 0 fully saturated rings. The lowest BCUT2D eigenvalue weighted by atomic mass is 10.1. The van der Waals surface area contributed by atoms with Gasteiger partial charge >= 0.3 is 0 Å². The molecule has 0 saturated carbocycles. The highest BCUT2D eigenvalue weighted by molar-refractivity contribution is 9.10. The Labute approximate surface area is 92.3 Å². The molecule has 0 saturated heterocycles. The summed E-state index contributed by atoms with van der Waals surface area (Å²) in [6.45, 7) is 2.17. The molecule has 2 heteroatoms. The van der Waals surface area contributed by atoms with Crippen molar-refractivity contribution in [1.29, 1.82) is 0 Å². The van der Waals surface area contributed by atoms with Gasteiger partial charge in [-0.15, -0.1) is 0 Å². The summed E-state index contributed by atoms with van der Waals surface area (Å²) in [7, 11) is 0. The van der Waals surface area contributed by atoms with E-state index < -0.39 is 0 Å². The second-order valence-corrected chi connectivity index (χ2v) is 4.22. The molecule has 1 heterocycles. The molecule has 1 nitrogen and oxygen atoms in total. The number of aromatic nitrogens is 1. The van der Waals surface area contributed by atoms with E-state index in [4.69, 9.17) is 0 Å². The van der Waals surface area contributed by atoms with Gasteiger partial charge in [-0.2, -0.15) is 0 Å². The molecule has 0 atom stereocenters. The molecule has 0 amide bonds. The second kappa shape index (κ2) is 4.09. The van der Waals surface area contributed by atoms with Crippen LogP contribution in [0.5, 0.6) is 0 Å². The van der Waals surface area contributed by atoms with Crippen LogP contribution in [0, 0.1) is 0 Å². The van der Waals surface area contributed by atoms with E-state index in [1.165, 1.54) is 5.39 Å². The summed E-state index contributed by atoms with van der Waals surface area (Å²) >= 11 is 3.58. The van der Waals surface area contributed by atoms with Gasteiger partial charge in [0.05, 0.1) is 5.52 Å². The quantitative estimate of drug-likeness (QED) is 0.786. The first-order valence-electron chi connectivity index (χ1n) is 4.85. The van der Waals surface area contributed by atoms with E-state index in [1.54, 1.807) is 0 Å². The van der Waals surface area contributed by atoms with Crippen molar-refractivity contribution in [3.05, 3.63) is 40.5 Å². The van der Waals surface area contributed by atoms with Crippen LogP contribution in [0.1, 0.15) is 19.0 Å². The smallest absolute Gasteiger partial charge is 0.0716 e. The minimum Gasteiger partial charge on any atom is -0.253 e. The summed E-state index contributed by atoms with van der Waals surface area (Å²) < 4.78 is 1.14. The third-order valence-electron chi connectivity index (χ3n) is 2.22. The Balaban J connectivity index is 2.60. The molecule has 0 spiro atoms. The van der Waals surface area contributed by atoms with Crippen molar-refractivity contribution in [2.75, 3.05) is 0 Å². The normalized spacial score (nSPS) is 10.7. The molecule has 72 valence electrons. The SMILES string of the molecule is CCCc1cc(Br)c2ccccc2n1. The van der Waals surface area contributed by atoms with Gasteiger partial charge in [0.1, 0.15) is 0 Å². The van der Waals surface area contributed by atoms with E-state index in [2.05, 4.69) is 46.0 Å². The zero-order valence-corrected chi connectivity index (χ0v) is 9.71. The maximum atomic E-state index is 4.60. The summed E-state index contributed by atoms with van der Waals surface area (Å²) in [5, 5.41) is 1.19. The number of rotatable bonds is 2. The maximum Gasteiger partial charge on any atom is 0.0716 e. The lowest BCUT2D eigenvalue weighted by Gasteiger charge is -2.03. The Morgan fingerprint density at radius 3 is 2.86 bits per heavy atom. The summed E-state index contributed by atoms with van der Waals surface area (Å²) in [5.41, 5.74) is 2.24. The Morgan fingerprint density at radius 1 is 1.29 bits per heavy atom. The molecule has 1 aromatic heterocycles. The molecule has 2 rings (SSSR count). The Hall–Kier alpha value is -0.890. The van der Waals surface area contributed by atoms with Crippen molar-refractivity contribution in [2.45, 2.75) is 19.8 Å². The number of pyridine rings is 1. The van der Waals surface area contributed by atoms with E-state index in [-0.39, 0.29) is 0 Å². The fourth-order valence-corrected chi connectivity index (χ4v) is 2.17. The zero-order valence-electron chi connectivity index (χ0n) is 8.13. The lowest BCUT2D eigenvalue weighted by molar-refractivity contribution is 0.889. The van der Waals surface area contributed by atoms with Crippen LogP contribution in [0.15, 0.2) is 34.8 Å². The van der Waals surface area contributed by atoms with Gasteiger partial charge in [0.15, 0.2) is 0 Å². The standard InChI is InChI=1S/C12H12BrN/c1-2-5-9-8-11(13)10-6-3-4-7-12(10)14-9/h3-4,6-8H,2,5H2,1H3. The summed E-state index contributed by atoms with van der Waals surface area (Å²) in [6, 6.07) is 10.3. The highest BCUT2D eigenvalue weighted by Crippen LogP contribution is 2.23. The van der Waals surface area contributed by atoms with Gasteiger partial charge < -0.3 is 0 Å². The number of hydrogen-bond donors (Lipinski definition) is 0. The van der Waals surface area contributed by atoms with Crippen LogP contribution < -0.4 is 0 Å². The fourth-order valence-electron chi connectivity index (χ4n) is 1.57. The first-order chi connectivity index (χ1) is 6.81. The average Bonchev–Trinajstić information content (AvgIpc) is 2.18. The van der Waals surface area contributed by atoms with Crippen molar-refractivity contribution >= 4 is 26.8 Å². The number of para-hydroxylation sites is 1. The first kappa shape index (κ1) is 9.66. The predicted octanol–water partition coefficient (Wildman–Crippen LogP) is 3.95. The summed E-state index contributed by atoms with van der Waals surface area (Å²) in [6.07, 6.45) is 2.18. The van der Waals surface area contributed by atoms with Gasteiger partial charge in [0, 0.05) is 15.6 Å². The number of nitrogens with zero attached hydrogens (tertiary/aromatic N) is 1. The van der Waals surface area contributed by atoms with Gasteiger partial charge in [-0.25, -0.2) is 0 Å². The van der Waals surface area contributed by atoms with Gasteiger partial charge in [-0.1, -0.05) is 47.5 Å². The van der Waals surface area contributed by atoms with Gasteiger partial charge in [0.25, 0.3) is 0 Å². The molecule has 0 aliphatic rings. The van der Waals surface area contributed by atoms with E-state index >= 15 is 0 Å². The van der Waals surface area contributed by atoms with Crippen LogP contribution >= 0.6 is 15.9 Å². The topological polar surface area (TPSA) is 12.9 Å². The number of hydrogen-bond acceptors (Lipinski definition) is 1. The Morgan fingerprint density at radius 2 is 2.07 bits per heavy atom. The largest absolute Gasteiger partial charge is 0.253 e. The fraction of sp³-hybridized carbons (Fsp3) is 0.250. The summed E-state index contributed by atoms with van der Waals surface area (Å²) in [4.78, 5) is 4.60. The van der Waals surface area contributed by atoms with Crippen LogP contribution in [-0.2, 0) is 6.42 Å². The first-order valence-corrected chi connectivity index (χ1v) is 5.64. The molecule has 2 aromatic rings. The van der Waals surface area contributed by atoms with Crippen LogP contribution in [0.3, 0.4) is 0 Å². The van der Waals surface area contributed by atoms with Gasteiger partial charge in [-0.05, 0) is 18.6 Å². The van der Waals surface area contributed by atoms with E-state index in [9.17, 15) is 0 Å². The molecule has 14 heavy (non-hydrogen) atoms. The van der Waals surface area contributed by atoms with E-state index in [0.717, 1.165) is 28.5 Å². The molecule has 0 N–H and O–H groups in total. The number of benzene rings is 1. The molecule has 0 aliphatic carbocycles. The van der Waals surface area contributed by atoms with Crippen LogP contribution in [0.4, 0.5) is 0 Å². The van der Waals surface area contributed by atoms with Crippen LogP contribution in [0.2, 0.25) is 0 Å². The third-order valence-corrected chi connectivity index (χ3v) is 2.88. The van der Waals surface area contributed by atoms with Crippen molar-refractivity contribution < 1.29 is 0 Å².